The number of aromatic nitrogens is 2. The molecular formula is C15H17N3. The van der Waals surface area contributed by atoms with E-state index in [0.29, 0.717) is 12.6 Å². The maximum absolute atomic E-state index is 4.68. The van der Waals surface area contributed by atoms with Gasteiger partial charge in [-0.3, -0.25) is 4.68 Å². The molecule has 0 saturated heterocycles. The summed E-state index contributed by atoms with van der Waals surface area (Å²) in [6.45, 7) is 3.39. The third-order valence-electron chi connectivity index (χ3n) is 3.28. The van der Waals surface area contributed by atoms with Crippen molar-refractivity contribution in [2.45, 2.75) is 38.9 Å². The van der Waals surface area contributed by atoms with Crippen LogP contribution in [-0.4, -0.2) is 15.8 Å². The minimum absolute atomic E-state index is 0.667. The fourth-order valence-corrected chi connectivity index (χ4v) is 2.13. The number of benzene rings is 1. The second-order valence-electron chi connectivity index (χ2n) is 4.70. The summed E-state index contributed by atoms with van der Waals surface area (Å²) in [6.07, 6.45) is 2.61. The average Bonchev–Trinajstić information content (AvgIpc) is 3.17. The largest absolute Gasteiger partial charge is 0.308 e. The van der Waals surface area contributed by atoms with Crippen molar-refractivity contribution in [1.82, 2.24) is 15.1 Å². The maximum Gasteiger partial charge on any atom is 0.102 e. The Bertz CT molecular complexity index is 611. The second kappa shape index (κ2) is 4.83. The Morgan fingerprint density at radius 1 is 1.39 bits per heavy atom. The molecule has 1 aromatic heterocycles. The van der Waals surface area contributed by atoms with Crippen molar-refractivity contribution in [2.24, 2.45) is 0 Å². The van der Waals surface area contributed by atoms with Gasteiger partial charge in [0.15, 0.2) is 0 Å². The van der Waals surface area contributed by atoms with Crippen molar-refractivity contribution in [1.29, 1.82) is 0 Å². The van der Waals surface area contributed by atoms with Crippen LogP contribution in [0.25, 0.3) is 10.9 Å². The smallest absolute Gasteiger partial charge is 0.102 e. The van der Waals surface area contributed by atoms with Gasteiger partial charge in [-0.05, 0) is 25.8 Å². The molecule has 1 aliphatic carbocycles. The van der Waals surface area contributed by atoms with Crippen molar-refractivity contribution in [3.63, 3.8) is 0 Å². The number of para-hydroxylation sites is 1. The number of fused-ring (bicyclic) bond motifs is 1. The van der Waals surface area contributed by atoms with Gasteiger partial charge in [0, 0.05) is 18.0 Å². The van der Waals surface area contributed by atoms with Crippen molar-refractivity contribution in [3.05, 3.63) is 30.0 Å². The van der Waals surface area contributed by atoms with Crippen molar-refractivity contribution < 1.29 is 0 Å². The Labute approximate surface area is 107 Å². The highest BCUT2D eigenvalue weighted by Crippen LogP contribution is 2.22. The molecule has 1 saturated carbocycles. The summed E-state index contributed by atoms with van der Waals surface area (Å²) >= 11 is 0. The molecule has 1 aliphatic rings. The molecular weight excluding hydrogens is 222 g/mol. The van der Waals surface area contributed by atoms with Gasteiger partial charge in [0.05, 0.1) is 11.2 Å². The summed E-state index contributed by atoms with van der Waals surface area (Å²) in [5.74, 6) is 6.00. The van der Waals surface area contributed by atoms with Crippen LogP contribution in [0.5, 0.6) is 0 Å². The lowest BCUT2D eigenvalue weighted by atomic mass is 10.2. The van der Waals surface area contributed by atoms with E-state index in [4.69, 9.17) is 0 Å². The highest BCUT2D eigenvalue weighted by atomic mass is 15.3. The number of hydrogen-bond acceptors (Lipinski definition) is 2. The number of nitrogens with one attached hydrogen (secondary N) is 1. The molecule has 1 heterocycles. The molecule has 0 unspecified atom stereocenters. The summed E-state index contributed by atoms with van der Waals surface area (Å²) in [6, 6.07) is 9.09. The standard InChI is InChI=1S/C15H17N3/c1-2-3-10-18-15-7-5-4-6-13(15)14(17-18)11-16-12-8-9-12/h4-7,12,16H,8-11H2,1H3. The van der Waals surface area contributed by atoms with E-state index in [1.807, 2.05) is 11.6 Å². The first kappa shape index (κ1) is 11.3. The molecule has 3 nitrogen and oxygen atoms in total. The first-order chi connectivity index (χ1) is 8.88. The van der Waals surface area contributed by atoms with E-state index < -0.39 is 0 Å². The van der Waals surface area contributed by atoms with E-state index in [0.717, 1.165) is 12.2 Å². The Balaban J connectivity index is 1.92. The summed E-state index contributed by atoms with van der Waals surface area (Å²) < 4.78 is 2.00. The minimum atomic E-state index is 0.667. The molecule has 92 valence electrons. The SMILES string of the molecule is CC#CCn1nc(CNC2CC2)c2ccccc21. The normalized spacial score (nSPS) is 14.5. The molecule has 0 aliphatic heterocycles. The predicted octanol–water partition coefficient (Wildman–Crippen LogP) is 2.31. The molecule has 1 fully saturated rings. The fraction of sp³-hybridized carbons (Fsp3) is 0.400. The van der Waals surface area contributed by atoms with Crippen LogP contribution in [0, 0.1) is 11.8 Å². The first-order valence-electron chi connectivity index (χ1n) is 6.46. The molecule has 1 aromatic carbocycles. The van der Waals surface area contributed by atoms with Gasteiger partial charge in [0.25, 0.3) is 0 Å². The molecule has 0 bridgehead atoms. The Morgan fingerprint density at radius 3 is 3.00 bits per heavy atom. The second-order valence-corrected chi connectivity index (χ2v) is 4.70. The maximum atomic E-state index is 4.68. The van der Waals surface area contributed by atoms with Crippen LogP contribution in [-0.2, 0) is 13.1 Å². The molecule has 18 heavy (non-hydrogen) atoms. The summed E-state index contributed by atoms with van der Waals surface area (Å²) in [5, 5.41) is 9.44. The van der Waals surface area contributed by atoms with Gasteiger partial charge >= 0.3 is 0 Å². The van der Waals surface area contributed by atoms with E-state index in [9.17, 15) is 0 Å². The zero-order valence-electron chi connectivity index (χ0n) is 10.6. The molecule has 1 N–H and O–H groups in total. The molecule has 0 atom stereocenters. The lowest BCUT2D eigenvalue weighted by molar-refractivity contribution is 0.648. The Hall–Kier alpha value is -1.79. The highest BCUT2D eigenvalue weighted by Gasteiger charge is 2.21. The molecule has 0 amide bonds. The summed E-state index contributed by atoms with van der Waals surface area (Å²) in [7, 11) is 0. The van der Waals surface area contributed by atoms with E-state index in [2.05, 4.69) is 46.5 Å². The van der Waals surface area contributed by atoms with E-state index >= 15 is 0 Å². The quantitative estimate of drug-likeness (QED) is 0.830. The van der Waals surface area contributed by atoms with Gasteiger partial charge in [0.2, 0.25) is 0 Å². The van der Waals surface area contributed by atoms with Gasteiger partial charge in [0.1, 0.15) is 6.54 Å². The number of nitrogens with zero attached hydrogens (tertiary/aromatic N) is 2. The van der Waals surface area contributed by atoms with Gasteiger partial charge in [-0.1, -0.05) is 24.1 Å². The van der Waals surface area contributed by atoms with E-state index in [1.165, 1.54) is 23.7 Å². The van der Waals surface area contributed by atoms with E-state index in [1.54, 1.807) is 0 Å². The fourth-order valence-electron chi connectivity index (χ4n) is 2.13. The van der Waals surface area contributed by atoms with E-state index in [-0.39, 0.29) is 0 Å². The van der Waals surface area contributed by atoms with Crippen LogP contribution < -0.4 is 5.32 Å². The van der Waals surface area contributed by atoms with Crippen LogP contribution in [0.1, 0.15) is 25.5 Å². The van der Waals surface area contributed by atoms with Crippen LogP contribution in [0.4, 0.5) is 0 Å². The zero-order valence-corrected chi connectivity index (χ0v) is 10.6. The number of hydrogen-bond donors (Lipinski definition) is 1. The lowest BCUT2D eigenvalue weighted by Crippen LogP contribution is -2.16. The topological polar surface area (TPSA) is 29.9 Å². The summed E-state index contributed by atoms with van der Waals surface area (Å²) in [5.41, 5.74) is 2.31. The molecule has 3 rings (SSSR count). The molecule has 3 heteroatoms. The van der Waals surface area contributed by atoms with Crippen LogP contribution in [0.2, 0.25) is 0 Å². The van der Waals surface area contributed by atoms with Gasteiger partial charge in [-0.15, -0.1) is 5.92 Å². The monoisotopic (exact) mass is 239 g/mol. The summed E-state index contributed by atoms with van der Waals surface area (Å²) in [4.78, 5) is 0. The third kappa shape index (κ3) is 2.25. The van der Waals surface area contributed by atoms with Gasteiger partial charge < -0.3 is 5.32 Å². The predicted molar refractivity (Wildman–Crippen MR) is 73.0 cm³/mol. The third-order valence-corrected chi connectivity index (χ3v) is 3.28. The molecule has 0 radical (unpaired) electrons. The first-order valence-corrected chi connectivity index (χ1v) is 6.46. The Kier molecular flexibility index (Phi) is 3.04. The van der Waals surface area contributed by atoms with Crippen molar-refractivity contribution >= 4 is 10.9 Å². The van der Waals surface area contributed by atoms with Crippen LogP contribution in [0.15, 0.2) is 24.3 Å². The van der Waals surface area contributed by atoms with Crippen LogP contribution in [0.3, 0.4) is 0 Å². The highest BCUT2D eigenvalue weighted by molar-refractivity contribution is 5.82. The Morgan fingerprint density at radius 2 is 2.22 bits per heavy atom. The average molecular weight is 239 g/mol. The van der Waals surface area contributed by atoms with Crippen LogP contribution >= 0.6 is 0 Å². The zero-order chi connectivity index (χ0) is 12.4. The molecule has 0 spiro atoms. The lowest BCUT2D eigenvalue weighted by Gasteiger charge is -1.98. The number of rotatable bonds is 4. The minimum Gasteiger partial charge on any atom is -0.308 e. The van der Waals surface area contributed by atoms with Crippen molar-refractivity contribution in [2.75, 3.05) is 0 Å². The van der Waals surface area contributed by atoms with Gasteiger partial charge in [-0.25, -0.2) is 0 Å². The van der Waals surface area contributed by atoms with Crippen molar-refractivity contribution in [3.8, 4) is 11.8 Å². The molecule has 2 aromatic rings. The van der Waals surface area contributed by atoms with Gasteiger partial charge in [-0.2, -0.15) is 5.10 Å².